The van der Waals surface area contributed by atoms with E-state index in [1.165, 1.54) is 11.1 Å². The maximum atomic E-state index is 11.1. The molecule has 1 aromatic carbocycles. The van der Waals surface area contributed by atoms with Crippen LogP contribution in [0.15, 0.2) is 18.2 Å². The number of amides is 1. The summed E-state index contributed by atoms with van der Waals surface area (Å²) in [4.78, 5) is 11.1. The molecule has 1 amide bonds. The number of rotatable bonds is 4. The lowest BCUT2D eigenvalue weighted by atomic mass is 10.1. The molecule has 3 heteroatoms. The van der Waals surface area contributed by atoms with Gasteiger partial charge >= 0.3 is 0 Å². The molecule has 0 atom stereocenters. The van der Waals surface area contributed by atoms with Gasteiger partial charge in [-0.2, -0.15) is 0 Å². The van der Waals surface area contributed by atoms with Gasteiger partial charge in [-0.3, -0.25) is 4.79 Å². The molecule has 0 fully saturated rings. The Hall–Kier alpha value is -1.35. The lowest BCUT2D eigenvalue weighted by molar-refractivity contribution is -0.121. The van der Waals surface area contributed by atoms with Crippen LogP contribution >= 0.6 is 0 Å². The second-order valence-corrected chi connectivity index (χ2v) is 3.68. The van der Waals surface area contributed by atoms with E-state index in [2.05, 4.69) is 11.4 Å². The number of nitrogens with one attached hydrogen (secondary N) is 1. The van der Waals surface area contributed by atoms with Crippen LogP contribution in [0.5, 0.6) is 0 Å². The number of carbonyl (C=O) groups excluding carboxylic acids is 1. The standard InChI is InChI=1S/C12H17NO2/c1-9-3-4-10(2)11(7-9)8-13-12(15)5-6-14/h3-4,7,14H,5-6,8H2,1-2H3,(H,13,15). The normalized spacial score (nSPS) is 10.1. The lowest BCUT2D eigenvalue weighted by Gasteiger charge is -2.08. The molecule has 1 rings (SSSR count). The van der Waals surface area contributed by atoms with Gasteiger partial charge in [0.15, 0.2) is 0 Å². The Bertz CT molecular complexity index is 347. The molecule has 0 saturated carbocycles. The van der Waals surface area contributed by atoms with Crippen LogP contribution in [0.1, 0.15) is 23.1 Å². The van der Waals surface area contributed by atoms with Crippen molar-refractivity contribution in [2.45, 2.75) is 26.8 Å². The molecule has 0 aliphatic heterocycles. The first-order valence-electron chi connectivity index (χ1n) is 5.07. The highest BCUT2D eigenvalue weighted by Crippen LogP contribution is 2.10. The van der Waals surface area contributed by atoms with E-state index in [9.17, 15) is 4.79 Å². The highest BCUT2D eigenvalue weighted by Gasteiger charge is 2.02. The molecular formula is C12H17NO2. The van der Waals surface area contributed by atoms with Gasteiger partial charge < -0.3 is 10.4 Å². The minimum absolute atomic E-state index is 0.0986. The van der Waals surface area contributed by atoms with Gasteiger partial charge in [0.05, 0.1) is 6.61 Å². The highest BCUT2D eigenvalue weighted by molar-refractivity contribution is 5.75. The molecule has 82 valence electrons. The second-order valence-electron chi connectivity index (χ2n) is 3.68. The van der Waals surface area contributed by atoms with E-state index < -0.39 is 0 Å². The van der Waals surface area contributed by atoms with Gasteiger partial charge in [0.25, 0.3) is 0 Å². The third kappa shape index (κ3) is 3.72. The van der Waals surface area contributed by atoms with Crippen LogP contribution in [-0.4, -0.2) is 17.6 Å². The zero-order valence-corrected chi connectivity index (χ0v) is 9.21. The van der Waals surface area contributed by atoms with Crippen LogP contribution in [0, 0.1) is 13.8 Å². The molecule has 0 aliphatic carbocycles. The Labute approximate surface area is 90.1 Å². The first-order valence-corrected chi connectivity index (χ1v) is 5.07. The summed E-state index contributed by atoms with van der Waals surface area (Å²) in [6, 6.07) is 6.16. The van der Waals surface area contributed by atoms with Crippen molar-refractivity contribution in [1.29, 1.82) is 0 Å². The van der Waals surface area contributed by atoms with E-state index in [1.807, 2.05) is 26.0 Å². The Morgan fingerprint density at radius 1 is 1.40 bits per heavy atom. The summed E-state index contributed by atoms with van der Waals surface area (Å²) in [5.41, 5.74) is 3.48. The molecule has 0 spiro atoms. The average molecular weight is 207 g/mol. The van der Waals surface area contributed by atoms with Gasteiger partial charge in [-0.25, -0.2) is 0 Å². The first-order chi connectivity index (χ1) is 7.13. The largest absolute Gasteiger partial charge is 0.396 e. The number of aryl methyl sites for hydroxylation is 2. The summed E-state index contributed by atoms with van der Waals surface area (Å²) in [5.74, 6) is -0.113. The van der Waals surface area contributed by atoms with Crippen molar-refractivity contribution in [2.75, 3.05) is 6.61 Å². The van der Waals surface area contributed by atoms with Gasteiger partial charge in [0, 0.05) is 13.0 Å². The molecule has 0 bridgehead atoms. The number of aliphatic hydroxyl groups excluding tert-OH is 1. The summed E-state index contributed by atoms with van der Waals surface area (Å²) in [6.45, 7) is 4.48. The molecule has 0 aromatic heterocycles. The van der Waals surface area contributed by atoms with Gasteiger partial charge in [-0.1, -0.05) is 23.8 Å². The van der Waals surface area contributed by atoms with Crippen molar-refractivity contribution in [3.8, 4) is 0 Å². The smallest absolute Gasteiger partial charge is 0.222 e. The topological polar surface area (TPSA) is 49.3 Å². The Morgan fingerprint density at radius 2 is 2.13 bits per heavy atom. The predicted molar refractivity (Wildman–Crippen MR) is 59.5 cm³/mol. The minimum Gasteiger partial charge on any atom is -0.396 e. The number of aliphatic hydroxyl groups is 1. The van der Waals surface area contributed by atoms with Crippen LogP contribution in [0.3, 0.4) is 0 Å². The van der Waals surface area contributed by atoms with Crippen molar-refractivity contribution in [3.05, 3.63) is 34.9 Å². The SMILES string of the molecule is Cc1ccc(C)c(CNC(=O)CCO)c1. The van der Waals surface area contributed by atoms with Crippen LogP contribution < -0.4 is 5.32 Å². The summed E-state index contributed by atoms with van der Waals surface area (Å²) in [7, 11) is 0. The third-order valence-corrected chi connectivity index (χ3v) is 2.32. The molecular weight excluding hydrogens is 190 g/mol. The van der Waals surface area contributed by atoms with Crippen molar-refractivity contribution in [1.82, 2.24) is 5.32 Å². The molecule has 15 heavy (non-hydrogen) atoms. The van der Waals surface area contributed by atoms with Crippen LogP contribution in [0.2, 0.25) is 0 Å². The molecule has 0 unspecified atom stereocenters. The van der Waals surface area contributed by atoms with E-state index in [4.69, 9.17) is 5.11 Å². The van der Waals surface area contributed by atoms with Gasteiger partial charge in [0.1, 0.15) is 0 Å². The van der Waals surface area contributed by atoms with E-state index in [0.717, 1.165) is 5.56 Å². The highest BCUT2D eigenvalue weighted by atomic mass is 16.3. The van der Waals surface area contributed by atoms with Crippen LogP contribution in [0.25, 0.3) is 0 Å². The summed E-state index contributed by atoms with van der Waals surface area (Å²) in [6.07, 6.45) is 0.171. The maximum absolute atomic E-state index is 11.1. The quantitative estimate of drug-likeness (QED) is 0.782. The van der Waals surface area contributed by atoms with Crippen LogP contribution in [-0.2, 0) is 11.3 Å². The van der Waals surface area contributed by atoms with E-state index in [0.29, 0.717) is 6.54 Å². The molecule has 3 nitrogen and oxygen atoms in total. The van der Waals surface area contributed by atoms with Gasteiger partial charge in [-0.05, 0) is 25.0 Å². The molecule has 0 saturated heterocycles. The van der Waals surface area contributed by atoms with Crippen LogP contribution in [0.4, 0.5) is 0 Å². The fraction of sp³-hybridized carbons (Fsp3) is 0.417. The minimum atomic E-state index is -0.113. The summed E-state index contributed by atoms with van der Waals surface area (Å²) in [5, 5.41) is 11.3. The Kier molecular flexibility index (Phi) is 4.31. The number of benzene rings is 1. The number of hydrogen-bond acceptors (Lipinski definition) is 2. The van der Waals surface area contributed by atoms with Crippen molar-refractivity contribution >= 4 is 5.91 Å². The molecule has 0 aliphatic rings. The van der Waals surface area contributed by atoms with E-state index in [1.54, 1.807) is 0 Å². The zero-order chi connectivity index (χ0) is 11.3. The molecule has 1 aromatic rings. The van der Waals surface area contributed by atoms with Crippen molar-refractivity contribution in [2.24, 2.45) is 0 Å². The second kappa shape index (κ2) is 5.51. The zero-order valence-electron chi connectivity index (χ0n) is 9.21. The van der Waals surface area contributed by atoms with Gasteiger partial charge in [-0.15, -0.1) is 0 Å². The van der Waals surface area contributed by atoms with Crippen molar-refractivity contribution < 1.29 is 9.90 Å². The molecule has 0 heterocycles. The van der Waals surface area contributed by atoms with Gasteiger partial charge in [0.2, 0.25) is 5.91 Å². The Morgan fingerprint density at radius 3 is 2.80 bits per heavy atom. The van der Waals surface area contributed by atoms with E-state index >= 15 is 0 Å². The summed E-state index contributed by atoms with van der Waals surface area (Å²) >= 11 is 0. The number of hydrogen-bond donors (Lipinski definition) is 2. The third-order valence-electron chi connectivity index (χ3n) is 2.32. The van der Waals surface area contributed by atoms with E-state index in [-0.39, 0.29) is 18.9 Å². The fourth-order valence-corrected chi connectivity index (χ4v) is 1.37. The molecule has 0 radical (unpaired) electrons. The average Bonchev–Trinajstić information content (AvgIpc) is 2.20. The lowest BCUT2D eigenvalue weighted by Crippen LogP contribution is -2.23. The monoisotopic (exact) mass is 207 g/mol. The first kappa shape index (κ1) is 11.7. The maximum Gasteiger partial charge on any atom is 0.222 e. The fourth-order valence-electron chi connectivity index (χ4n) is 1.37. The molecule has 2 N–H and O–H groups in total. The predicted octanol–water partition coefficient (Wildman–Crippen LogP) is 1.30. The van der Waals surface area contributed by atoms with Crippen molar-refractivity contribution in [3.63, 3.8) is 0 Å². The summed E-state index contributed by atoms with van der Waals surface area (Å²) < 4.78 is 0. The Balaban J connectivity index is 2.57. The number of carbonyl (C=O) groups is 1.